The van der Waals surface area contributed by atoms with E-state index in [1.165, 1.54) is 12.1 Å². The molecular formula is C28H37FN4O3. The Labute approximate surface area is 212 Å². The number of nitrogens with zero attached hydrogens (tertiary/aromatic N) is 4. The first kappa shape index (κ1) is 26.1. The molecule has 0 unspecified atom stereocenters. The predicted octanol–water partition coefficient (Wildman–Crippen LogP) is 4.83. The van der Waals surface area contributed by atoms with Gasteiger partial charge in [0.25, 0.3) is 5.91 Å². The summed E-state index contributed by atoms with van der Waals surface area (Å²) in [5, 5.41) is 13.0. The number of aromatic nitrogens is 1. The molecule has 36 heavy (non-hydrogen) atoms. The van der Waals surface area contributed by atoms with E-state index < -0.39 is 0 Å². The second-order valence-corrected chi connectivity index (χ2v) is 9.91. The quantitative estimate of drug-likeness (QED) is 0.221. The van der Waals surface area contributed by atoms with E-state index in [4.69, 9.17) is 0 Å². The van der Waals surface area contributed by atoms with Gasteiger partial charge in [-0.2, -0.15) is 0 Å². The Hall–Kier alpha value is -3.00. The molecule has 8 heteroatoms. The number of benzene rings is 1. The minimum absolute atomic E-state index is 0.00564. The number of rotatable bonds is 10. The molecule has 2 aliphatic heterocycles. The highest BCUT2D eigenvalue weighted by Crippen LogP contribution is 2.24. The van der Waals surface area contributed by atoms with Crippen molar-refractivity contribution >= 4 is 17.4 Å². The third kappa shape index (κ3) is 6.03. The number of carbonyl (C=O) groups is 2. The number of halogens is 1. The lowest BCUT2D eigenvalue weighted by Crippen LogP contribution is -2.37. The van der Waals surface area contributed by atoms with E-state index in [0.717, 1.165) is 76.8 Å². The summed E-state index contributed by atoms with van der Waals surface area (Å²) in [5.74, 6) is -0.176. The molecule has 7 nitrogen and oxygen atoms in total. The van der Waals surface area contributed by atoms with Crippen molar-refractivity contribution in [3.8, 4) is 0 Å². The van der Waals surface area contributed by atoms with Gasteiger partial charge in [-0.25, -0.2) is 4.39 Å². The van der Waals surface area contributed by atoms with Gasteiger partial charge in [-0.15, -0.1) is 0 Å². The Balaban J connectivity index is 1.27. The van der Waals surface area contributed by atoms with E-state index in [2.05, 4.69) is 17.0 Å². The number of Topliss-reactive ketones (excluding diaryl/α,β-unsaturated/α-hetero) is 1. The molecule has 0 aliphatic carbocycles. The molecule has 194 valence electrons. The highest BCUT2D eigenvalue weighted by molar-refractivity contribution is 6.11. The maximum absolute atomic E-state index is 13.3. The first-order valence-electron chi connectivity index (χ1n) is 13.2. The van der Waals surface area contributed by atoms with E-state index >= 15 is 0 Å². The Kier molecular flexibility index (Phi) is 8.91. The molecule has 1 aromatic carbocycles. The van der Waals surface area contributed by atoms with Gasteiger partial charge in [0.1, 0.15) is 11.5 Å². The van der Waals surface area contributed by atoms with Crippen LogP contribution in [0.3, 0.4) is 0 Å². The second kappa shape index (κ2) is 12.3. The lowest BCUT2D eigenvalue weighted by atomic mass is 9.89. The number of oxime groups is 1. The van der Waals surface area contributed by atoms with Crippen molar-refractivity contribution in [2.24, 2.45) is 11.1 Å². The molecule has 1 N–H and O–H groups in total. The number of hydrogen-bond donors (Lipinski definition) is 1. The van der Waals surface area contributed by atoms with Gasteiger partial charge in [0.05, 0.1) is 5.71 Å². The van der Waals surface area contributed by atoms with Gasteiger partial charge in [-0.3, -0.25) is 9.59 Å². The van der Waals surface area contributed by atoms with Crippen LogP contribution in [0.25, 0.3) is 0 Å². The lowest BCUT2D eigenvalue weighted by Gasteiger charge is -2.31. The van der Waals surface area contributed by atoms with Crippen molar-refractivity contribution in [3.05, 3.63) is 59.2 Å². The molecule has 2 aromatic rings. The number of unbranched alkanes of at least 4 members (excludes halogenated alkanes) is 2. The van der Waals surface area contributed by atoms with Crippen LogP contribution in [0.1, 0.15) is 78.3 Å². The van der Waals surface area contributed by atoms with Crippen LogP contribution in [0.2, 0.25) is 0 Å². The van der Waals surface area contributed by atoms with Crippen LogP contribution in [-0.2, 0) is 6.54 Å². The van der Waals surface area contributed by atoms with Crippen LogP contribution in [0.15, 0.2) is 41.7 Å². The second-order valence-electron chi connectivity index (χ2n) is 9.91. The highest BCUT2D eigenvalue weighted by Gasteiger charge is 2.29. The maximum Gasteiger partial charge on any atom is 0.271 e. The summed E-state index contributed by atoms with van der Waals surface area (Å²) in [6.07, 6.45) is 8.06. The van der Waals surface area contributed by atoms with Crippen molar-refractivity contribution in [2.45, 2.75) is 58.4 Å². The first-order valence-corrected chi connectivity index (χ1v) is 13.2. The molecule has 2 aliphatic rings. The topological polar surface area (TPSA) is 78.1 Å². The van der Waals surface area contributed by atoms with Crippen LogP contribution >= 0.6 is 0 Å². The van der Waals surface area contributed by atoms with Crippen LogP contribution in [0.4, 0.5) is 4.39 Å². The van der Waals surface area contributed by atoms with Gasteiger partial charge in [0, 0.05) is 49.3 Å². The molecule has 1 saturated heterocycles. The van der Waals surface area contributed by atoms with Gasteiger partial charge < -0.3 is 19.6 Å². The lowest BCUT2D eigenvalue weighted by molar-refractivity contribution is 0.0749. The van der Waals surface area contributed by atoms with Gasteiger partial charge in [-0.05, 0) is 82.1 Å². The molecule has 0 saturated carbocycles. The SMILES string of the molecule is CCCCN1CCC(=NO)c2ccn(CCCCN3CCC(C(=O)c4ccc(F)cc4)CC3)c2C1=O. The summed E-state index contributed by atoms with van der Waals surface area (Å²) in [7, 11) is 0. The number of carbonyl (C=O) groups excluding carboxylic acids is 2. The van der Waals surface area contributed by atoms with E-state index in [0.29, 0.717) is 29.9 Å². The summed E-state index contributed by atoms with van der Waals surface area (Å²) < 4.78 is 15.2. The number of piperidine rings is 1. The summed E-state index contributed by atoms with van der Waals surface area (Å²) >= 11 is 0. The fourth-order valence-electron chi connectivity index (χ4n) is 5.31. The Morgan fingerprint density at radius 1 is 1.03 bits per heavy atom. The third-order valence-electron chi connectivity index (χ3n) is 7.50. The molecular weight excluding hydrogens is 459 g/mol. The Morgan fingerprint density at radius 3 is 2.44 bits per heavy atom. The van der Waals surface area contributed by atoms with Gasteiger partial charge in [0.2, 0.25) is 0 Å². The van der Waals surface area contributed by atoms with Crippen molar-refractivity contribution in [3.63, 3.8) is 0 Å². The van der Waals surface area contributed by atoms with Gasteiger partial charge in [-0.1, -0.05) is 18.5 Å². The molecule has 0 radical (unpaired) electrons. The summed E-state index contributed by atoms with van der Waals surface area (Å²) in [5.41, 5.74) is 2.55. The predicted molar refractivity (Wildman–Crippen MR) is 137 cm³/mol. The van der Waals surface area contributed by atoms with E-state index in [-0.39, 0.29) is 23.4 Å². The zero-order valence-electron chi connectivity index (χ0n) is 21.2. The average molecular weight is 497 g/mol. The minimum atomic E-state index is -0.322. The van der Waals surface area contributed by atoms with Gasteiger partial charge >= 0.3 is 0 Å². The number of amides is 1. The molecule has 0 bridgehead atoms. The summed E-state index contributed by atoms with van der Waals surface area (Å²) in [4.78, 5) is 30.3. The zero-order chi connectivity index (χ0) is 25.5. The van der Waals surface area contributed by atoms with Crippen LogP contribution in [0.5, 0.6) is 0 Å². The number of ketones is 1. The van der Waals surface area contributed by atoms with Crippen LogP contribution < -0.4 is 0 Å². The van der Waals surface area contributed by atoms with E-state index in [1.807, 2.05) is 21.7 Å². The number of likely N-dealkylation sites (tertiary alicyclic amines) is 1. The number of aryl methyl sites for hydroxylation is 1. The average Bonchev–Trinajstić information content (AvgIpc) is 3.26. The smallest absolute Gasteiger partial charge is 0.271 e. The third-order valence-corrected chi connectivity index (χ3v) is 7.50. The monoisotopic (exact) mass is 496 g/mol. The van der Waals surface area contributed by atoms with Crippen molar-refractivity contribution in [1.29, 1.82) is 0 Å². The summed E-state index contributed by atoms with van der Waals surface area (Å²) in [6.45, 7) is 6.88. The van der Waals surface area contributed by atoms with Crippen LogP contribution in [0, 0.1) is 11.7 Å². The fraction of sp³-hybridized carbons (Fsp3) is 0.536. The Bertz CT molecular complexity index is 1070. The highest BCUT2D eigenvalue weighted by atomic mass is 19.1. The van der Waals surface area contributed by atoms with Crippen molar-refractivity contribution in [1.82, 2.24) is 14.4 Å². The van der Waals surface area contributed by atoms with Gasteiger partial charge in [0.15, 0.2) is 5.78 Å². The van der Waals surface area contributed by atoms with E-state index in [9.17, 15) is 19.2 Å². The van der Waals surface area contributed by atoms with Crippen molar-refractivity contribution in [2.75, 3.05) is 32.7 Å². The van der Waals surface area contributed by atoms with E-state index in [1.54, 1.807) is 12.1 Å². The molecule has 3 heterocycles. The van der Waals surface area contributed by atoms with Crippen LogP contribution in [-0.4, -0.2) is 69.7 Å². The largest absolute Gasteiger partial charge is 0.411 e. The molecule has 0 spiro atoms. The molecule has 1 fully saturated rings. The molecule has 1 aromatic heterocycles. The standard InChI is InChI=1S/C28H37FN4O3/c1-2-3-15-33-20-13-25(30-36)24-12-19-32(26(24)28(33)35)16-5-4-14-31-17-10-22(11-18-31)27(34)21-6-8-23(29)9-7-21/h6-9,12,19,22,36H,2-5,10-11,13-18,20H2,1H3. The maximum atomic E-state index is 13.3. The minimum Gasteiger partial charge on any atom is -0.411 e. The Morgan fingerprint density at radius 2 is 1.75 bits per heavy atom. The molecule has 0 atom stereocenters. The molecule has 1 amide bonds. The molecule has 4 rings (SSSR count). The first-order chi connectivity index (χ1) is 17.5. The number of hydrogen-bond acceptors (Lipinski definition) is 5. The normalized spacial score (nSPS) is 18.4. The number of fused-ring (bicyclic) bond motifs is 1. The fourth-order valence-corrected chi connectivity index (χ4v) is 5.31. The summed E-state index contributed by atoms with van der Waals surface area (Å²) in [6, 6.07) is 7.75. The van der Waals surface area contributed by atoms with Crippen molar-refractivity contribution < 1.29 is 19.2 Å². The zero-order valence-corrected chi connectivity index (χ0v) is 21.2.